The summed E-state index contributed by atoms with van der Waals surface area (Å²) in [6.07, 6.45) is 9.14. The first-order valence-corrected chi connectivity index (χ1v) is 17.5. The van der Waals surface area contributed by atoms with Crippen molar-refractivity contribution in [2.24, 2.45) is 0 Å². The molecule has 6 N–H and O–H groups in total. The molecule has 2 aromatic rings. The third-order valence-corrected chi connectivity index (χ3v) is 10.7. The molecule has 2 fully saturated rings. The van der Waals surface area contributed by atoms with E-state index in [2.05, 4.69) is 31.7 Å². The number of ether oxygens (including phenoxy) is 2. The van der Waals surface area contributed by atoms with Gasteiger partial charge in [0.2, 0.25) is 0 Å². The summed E-state index contributed by atoms with van der Waals surface area (Å²) < 4.78 is 11.1. The van der Waals surface area contributed by atoms with Crippen LogP contribution in [0.3, 0.4) is 0 Å². The third-order valence-electron chi connectivity index (χ3n) is 10.7. The van der Waals surface area contributed by atoms with E-state index >= 15 is 0 Å². The van der Waals surface area contributed by atoms with Gasteiger partial charge in [0.15, 0.2) is 0 Å². The standard InChI is InChI=1S/2C18H29N3O2/c2*1-23-18-16-4-2-3-15(13-14(16)5-6-17(18)19)21-9-7-20(8-10-21)11-12-22/h2*5-6,15,22H,2-4,7-13,19H2,1H3/t2*15-/m10/s1. The lowest BCUT2D eigenvalue weighted by Crippen LogP contribution is -2.51. The molecule has 10 heteroatoms. The van der Waals surface area contributed by atoms with Crippen molar-refractivity contribution in [3.63, 3.8) is 0 Å². The molecule has 0 saturated carbocycles. The number of nitrogens with zero attached hydrogens (tertiary/aromatic N) is 4. The summed E-state index contributed by atoms with van der Waals surface area (Å²) in [7, 11) is 3.43. The van der Waals surface area contributed by atoms with Gasteiger partial charge in [-0.2, -0.15) is 0 Å². The van der Waals surface area contributed by atoms with Crippen LogP contribution in [0.25, 0.3) is 0 Å². The molecule has 10 nitrogen and oxygen atoms in total. The van der Waals surface area contributed by atoms with Gasteiger partial charge >= 0.3 is 0 Å². The molecule has 0 amide bonds. The van der Waals surface area contributed by atoms with Gasteiger partial charge in [-0.25, -0.2) is 0 Å². The minimum absolute atomic E-state index is 0.262. The van der Waals surface area contributed by atoms with Crippen molar-refractivity contribution in [2.45, 2.75) is 63.5 Å². The van der Waals surface area contributed by atoms with E-state index in [1.807, 2.05) is 12.1 Å². The van der Waals surface area contributed by atoms with E-state index in [-0.39, 0.29) is 13.2 Å². The molecule has 0 radical (unpaired) electrons. The highest BCUT2D eigenvalue weighted by molar-refractivity contribution is 5.60. The van der Waals surface area contributed by atoms with Crippen molar-refractivity contribution in [1.29, 1.82) is 0 Å². The Hall–Kier alpha value is -2.60. The molecular weight excluding hydrogens is 580 g/mol. The second-order valence-corrected chi connectivity index (χ2v) is 13.4. The van der Waals surface area contributed by atoms with Crippen LogP contribution in [-0.4, -0.2) is 135 Å². The second kappa shape index (κ2) is 17.0. The number of hydrogen-bond acceptors (Lipinski definition) is 10. The van der Waals surface area contributed by atoms with E-state index < -0.39 is 0 Å². The molecule has 6 rings (SSSR count). The number of aliphatic hydroxyl groups is 2. The maximum absolute atomic E-state index is 9.07. The number of methoxy groups -OCH3 is 2. The van der Waals surface area contributed by atoms with Gasteiger partial charge in [-0.05, 0) is 85.8 Å². The number of anilines is 2. The van der Waals surface area contributed by atoms with Crippen molar-refractivity contribution in [2.75, 3.05) is 104 Å². The fourth-order valence-corrected chi connectivity index (χ4v) is 8.14. The van der Waals surface area contributed by atoms with E-state index in [4.69, 9.17) is 31.2 Å². The minimum atomic E-state index is 0.262. The van der Waals surface area contributed by atoms with E-state index in [0.29, 0.717) is 12.1 Å². The summed E-state index contributed by atoms with van der Waals surface area (Å²) in [5, 5.41) is 18.1. The monoisotopic (exact) mass is 638 g/mol. The lowest BCUT2D eigenvalue weighted by Gasteiger charge is -2.39. The lowest BCUT2D eigenvalue weighted by molar-refractivity contribution is 0.0804. The molecule has 2 heterocycles. The van der Waals surface area contributed by atoms with Gasteiger partial charge in [-0.15, -0.1) is 0 Å². The topological polar surface area (TPSA) is 124 Å². The van der Waals surface area contributed by atoms with Gasteiger partial charge in [-0.1, -0.05) is 12.1 Å². The maximum Gasteiger partial charge on any atom is 0.145 e. The zero-order valence-corrected chi connectivity index (χ0v) is 28.3. The summed E-state index contributed by atoms with van der Waals surface area (Å²) in [6, 6.07) is 9.57. The summed E-state index contributed by atoms with van der Waals surface area (Å²) in [5.41, 5.74) is 19.1. The van der Waals surface area contributed by atoms with Crippen LogP contribution in [0.4, 0.5) is 11.4 Å². The van der Waals surface area contributed by atoms with E-state index in [1.54, 1.807) is 14.2 Å². The quantitative estimate of drug-likeness (QED) is 0.253. The number of nitrogen functional groups attached to an aromatic ring is 2. The van der Waals surface area contributed by atoms with Crippen molar-refractivity contribution < 1.29 is 19.7 Å². The zero-order chi connectivity index (χ0) is 32.5. The van der Waals surface area contributed by atoms with E-state index in [0.717, 1.165) is 114 Å². The molecule has 46 heavy (non-hydrogen) atoms. The summed E-state index contributed by atoms with van der Waals surface area (Å²) in [6.45, 7) is 10.8. The van der Waals surface area contributed by atoms with Gasteiger partial charge in [0.05, 0.1) is 38.8 Å². The van der Waals surface area contributed by atoms with Gasteiger partial charge in [0.1, 0.15) is 11.5 Å². The number of rotatable bonds is 8. The Bertz CT molecular complexity index is 1150. The van der Waals surface area contributed by atoms with Gasteiger partial charge < -0.3 is 31.2 Å². The van der Waals surface area contributed by atoms with Crippen LogP contribution in [0.5, 0.6) is 11.5 Å². The molecule has 0 aromatic heterocycles. The first kappa shape index (κ1) is 34.7. The molecule has 2 aromatic carbocycles. The van der Waals surface area contributed by atoms with Crippen LogP contribution in [-0.2, 0) is 25.7 Å². The number of nitrogens with two attached hydrogens (primary N) is 2. The Morgan fingerprint density at radius 3 is 1.37 bits per heavy atom. The molecule has 0 spiro atoms. The Labute approximate surface area is 276 Å². The van der Waals surface area contributed by atoms with Crippen LogP contribution < -0.4 is 20.9 Å². The van der Waals surface area contributed by atoms with Crippen LogP contribution in [0.1, 0.15) is 47.9 Å². The highest BCUT2D eigenvalue weighted by Crippen LogP contribution is 2.36. The predicted molar refractivity (Wildman–Crippen MR) is 186 cm³/mol. The summed E-state index contributed by atoms with van der Waals surface area (Å²) in [4.78, 5) is 9.97. The highest BCUT2D eigenvalue weighted by Gasteiger charge is 2.29. The summed E-state index contributed by atoms with van der Waals surface area (Å²) >= 11 is 0. The smallest absolute Gasteiger partial charge is 0.145 e. The van der Waals surface area contributed by atoms with E-state index in [9.17, 15) is 0 Å². The number of β-amino-alcohol motifs (C(OH)–C–C–N with tert-alkyl or cyclic N) is 2. The lowest BCUT2D eigenvalue weighted by atomic mass is 9.99. The van der Waals surface area contributed by atoms with Gasteiger partial charge in [0, 0.05) is 77.5 Å². The average Bonchev–Trinajstić information content (AvgIpc) is 3.43. The Balaban J connectivity index is 0.000000181. The third kappa shape index (κ3) is 8.45. The first-order chi connectivity index (χ1) is 22.4. The Morgan fingerprint density at radius 1 is 0.630 bits per heavy atom. The average molecular weight is 639 g/mol. The van der Waals surface area contributed by atoms with Crippen LogP contribution >= 0.6 is 0 Å². The fraction of sp³-hybridized carbons (Fsp3) is 0.667. The predicted octanol–water partition coefficient (Wildman–Crippen LogP) is 2.27. The van der Waals surface area contributed by atoms with Gasteiger partial charge in [-0.3, -0.25) is 19.6 Å². The molecule has 2 aliphatic heterocycles. The Morgan fingerprint density at radius 2 is 1.02 bits per heavy atom. The van der Waals surface area contributed by atoms with E-state index in [1.165, 1.54) is 47.9 Å². The van der Waals surface area contributed by atoms with Crippen molar-refractivity contribution >= 4 is 11.4 Å². The fourth-order valence-electron chi connectivity index (χ4n) is 8.14. The first-order valence-electron chi connectivity index (χ1n) is 17.5. The molecular formula is C36H58N6O4. The Kier molecular flexibility index (Phi) is 12.8. The molecule has 4 aliphatic rings. The van der Waals surface area contributed by atoms with Gasteiger partial charge in [0.25, 0.3) is 0 Å². The minimum Gasteiger partial charge on any atom is -0.494 e. The largest absolute Gasteiger partial charge is 0.494 e. The van der Waals surface area contributed by atoms with Crippen LogP contribution in [0.2, 0.25) is 0 Å². The SMILES string of the molecule is COc1c(N)ccc2c1CCC[C@@H](N1CCN(CCO)CC1)C2.COc1c(N)ccc2c1CCC[C@H](N1CCN(CCO)CC1)C2. The molecule has 2 atom stereocenters. The number of aliphatic hydroxyl groups excluding tert-OH is 2. The second-order valence-electron chi connectivity index (χ2n) is 13.4. The number of fused-ring (bicyclic) bond motifs is 2. The highest BCUT2D eigenvalue weighted by atomic mass is 16.5. The van der Waals surface area contributed by atoms with Crippen LogP contribution in [0.15, 0.2) is 24.3 Å². The van der Waals surface area contributed by atoms with Crippen molar-refractivity contribution in [3.8, 4) is 11.5 Å². The maximum atomic E-state index is 9.07. The van der Waals surface area contributed by atoms with Crippen LogP contribution in [0, 0.1) is 0 Å². The molecule has 0 unspecified atom stereocenters. The van der Waals surface area contributed by atoms with Crippen molar-refractivity contribution in [3.05, 3.63) is 46.5 Å². The zero-order valence-electron chi connectivity index (χ0n) is 28.3. The molecule has 0 bridgehead atoms. The molecule has 2 aliphatic carbocycles. The number of benzene rings is 2. The molecule has 256 valence electrons. The molecule has 2 saturated heterocycles. The van der Waals surface area contributed by atoms with Crippen molar-refractivity contribution in [1.82, 2.24) is 19.6 Å². The number of hydrogen-bond donors (Lipinski definition) is 4. The summed E-state index contributed by atoms with van der Waals surface area (Å²) in [5.74, 6) is 1.77. The normalized spacial score (nSPS) is 23.3. The number of piperazine rings is 2.